The first-order valence-corrected chi connectivity index (χ1v) is 6.30. The lowest BCUT2D eigenvalue weighted by Crippen LogP contribution is -2.54. The van der Waals surface area contributed by atoms with Gasteiger partial charge in [-0.1, -0.05) is 13.8 Å². The zero-order chi connectivity index (χ0) is 12.8. The number of rotatable bonds is 8. The van der Waals surface area contributed by atoms with Crippen LogP contribution in [-0.2, 0) is 7.90 Å². The molecule has 5 nitrogen and oxygen atoms in total. The molecule has 0 bridgehead atoms. The van der Waals surface area contributed by atoms with Crippen LogP contribution in [0, 0.1) is 5.41 Å². The van der Waals surface area contributed by atoms with Crippen LogP contribution in [0.2, 0.25) is 0 Å². The molecule has 4 unspecified atom stereocenters. The zero-order valence-corrected chi connectivity index (χ0v) is 12.5. The largest absolute Gasteiger partial charge is 0.388 e. The topological polar surface area (TPSA) is 76.7 Å². The van der Waals surface area contributed by atoms with Gasteiger partial charge in [-0.3, -0.25) is 4.84 Å². The van der Waals surface area contributed by atoms with Gasteiger partial charge in [0.25, 0.3) is 0 Å². The maximum Gasteiger partial charge on any atom is 0.114 e. The molecule has 0 amide bonds. The Morgan fingerprint density at radius 1 is 1.56 bits per heavy atom. The molecule has 0 aromatic heterocycles. The van der Waals surface area contributed by atoms with Crippen LogP contribution < -0.4 is 11.2 Å². The van der Waals surface area contributed by atoms with E-state index in [1.807, 2.05) is 20.9 Å². The van der Waals surface area contributed by atoms with Crippen LogP contribution in [0.25, 0.3) is 0 Å². The lowest BCUT2D eigenvalue weighted by atomic mass is 9.73. The molecule has 16 heavy (non-hydrogen) atoms. The Morgan fingerprint density at radius 2 is 2.12 bits per heavy atom. The van der Waals surface area contributed by atoms with Crippen molar-refractivity contribution in [2.45, 2.75) is 45.4 Å². The van der Waals surface area contributed by atoms with Crippen LogP contribution in [0.1, 0.15) is 27.2 Å². The quantitative estimate of drug-likeness (QED) is 0.452. The first kappa shape index (κ1) is 16.5. The van der Waals surface area contributed by atoms with E-state index in [4.69, 9.17) is 13.8 Å². The minimum Gasteiger partial charge on any atom is -0.388 e. The van der Waals surface area contributed by atoms with E-state index in [9.17, 15) is 5.11 Å². The molecule has 0 fully saturated rings. The molecule has 98 valence electrons. The lowest BCUT2D eigenvalue weighted by molar-refractivity contribution is -0.123. The van der Waals surface area contributed by atoms with E-state index in [1.54, 1.807) is 23.0 Å². The molecule has 4 atom stereocenters. The number of nitrogens with two attached hydrogens (primary N) is 1. The van der Waals surface area contributed by atoms with Crippen LogP contribution in [0.3, 0.4) is 0 Å². The molecule has 0 aliphatic carbocycles. The monoisotopic (exact) mass is 346 g/mol. The highest BCUT2D eigenvalue weighted by Crippen LogP contribution is 2.33. The van der Waals surface area contributed by atoms with Crippen LogP contribution >= 0.6 is 23.0 Å². The molecule has 0 radical (unpaired) electrons. The van der Waals surface area contributed by atoms with Gasteiger partial charge in [-0.05, 0) is 20.4 Å². The van der Waals surface area contributed by atoms with Crippen LogP contribution in [0.15, 0.2) is 0 Å². The summed E-state index contributed by atoms with van der Waals surface area (Å²) in [6, 6.07) is 0.176. The van der Waals surface area contributed by atoms with Gasteiger partial charge in [-0.2, -0.15) is 0 Å². The van der Waals surface area contributed by atoms with Crippen LogP contribution in [0.5, 0.6) is 0 Å². The van der Waals surface area contributed by atoms with E-state index in [0.717, 1.165) is 6.42 Å². The molecule has 0 aliphatic rings. The second kappa shape index (κ2) is 7.78. The van der Waals surface area contributed by atoms with Crippen LogP contribution in [0.4, 0.5) is 0 Å². The smallest absolute Gasteiger partial charge is 0.114 e. The second-order valence-electron chi connectivity index (χ2n) is 4.27. The van der Waals surface area contributed by atoms with Crippen molar-refractivity contribution >= 4 is 23.0 Å². The van der Waals surface area contributed by atoms with Gasteiger partial charge in [-0.15, -0.1) is 0 Å². The van der Waals surface area contributed by atoms with Gasteiger partial charge >= 0.3 is 0 Å². The lowest BCUT2D eigenvalue weighted by Gasteiger charge is -2.42. The normalized spacial score (nSPS) is 21.2. The Bertz CT molecular complexity index is 197. The zero-order valence-electron chi connectivity index (χ0n) is 10.4. The van der Waals surface area contributed by atoms with Gasteiger partial charge < -0.3 is 13.5 Å². The van der Waals surface area contributed by atoms with Gasteiger partial charge in [0.05, 0.1) is 6.61 Å². The molecule has 0 aromatic carbocycles. The van der Waals surface area contributed by atoms with Gasteiger partial charge in [-0.25, -0.2) is 5.90 Å². The average molecular weight is 346 g/mol. The van der Waals surface area contributed by atoms with E-state index in [0.29, 0.717) is 0 Å². The third kappa shape index (κ3) is 3.78. The average Bonchev–Trinajstić information content (AvgIpc) is 2.28. The fourth-order valence-corrected chi connectivity index (χ4v) is 2.29. The minimum absolute atomic E-state index is 0.176. The van der Waals surface area contributed by atoms with Crippen molar-refractivity contribution in [3.05, 3.63) is 0 Å². The van der Waals surface area contributed by atoms with E-state index < -0.39 is 12.2 Å². The Labute approximate surface area is 112 Å². The van der Waals surface area contributed by atoms with Gasteiger partial charge in [0.2, 0.25) is 0 Å². The summed E-state index contributed by atoms with van der Waals surface area (Å²) in [6.07, 6.45) is -0.354. The summed E-state index contributed by atoms with van der Waals surface area (Å²) in [5, 5.41) is 13.1. The number of aliphatic hydroxyl groups excluding tert-OH is 1. The summed E-state index contributed by atoms with van der Waals surface area (Å²) < 4.78 is 4.90. The van der Waals surface area contributed by atoms with E-state index >= 15 is 0 Å². The highest BCUT2D eigenvalue weighted by Gasteiger charge is 2.42. The Morgan fingerprint density at radius 3 is 2.44 bits per heavy atom. The standard InChI is InChI=1S/C10H23IN2O3/c1-5-10(3,7(2)13-4)9(16-12)8(14)6-15-11/h7-9,13-14H,5-6,12H2,1-4H3. The first-order chi connectivity index (χ1) is 7.47. The molecule has 0 spiro atoms. The van der Waals surface area contributed by atoms with Crippen molar-refractivity contribution in [1.82, 2.24) is 5.32 Å². The molecular formula is C10H23IN2O3. The third-order valence-electron chi connectivity index (χ3n) is 3.56. The van der Waals surface area contributed by atoms with Crippen molar-refractivity contribution in [3.63, 3.8) is 0 Å². The molecule has 0 rings (SSSR count). The SMILES string of the molecule is CCC(C)(C(C)NC)C(ON)C(O)COI. The van der Waals surface area contributed by atoms with Gasteiger partial charge in [0.1, 0.15) is 35.2 Å². The van der Waals surface area contributed by atoms with Crippen molar-refractivity contribution in [2.75, 3.05) is 13.7 Å². The fraction of sp³-hybridized carbons (Fsp3) is 1.00. The molecule has 0 aromatic rings. The molecule has 0 heterocycles. The molecular weight excluding hydrogens is 323 g/mol. The van der Waals surface area contributed by atoms with Crippen molar-refractivity contribution in [3.8, 4) is 0 Å². The molecule has 0 aliphatic heterocycles. The number of aliphatic hydroxyl groups is 1. The number of nitrogens with one attached hydrogen (secondary N) is 1. The maximum atomic E-state index is 9.96. The molecule has 0 saturated heterocycles. The van der Waals surface area contributed by atoms with Gasteiger partial charge in [0, 0.05) is 11.5 Å². The van der Waals surface area contributed by atoms with E-state index in [1.165, 1.54) is 0 Å². The van der Waals surface area contributed by atoms with Crippen molar-refractivity contribution < 1.29 is 13.0 Å². The summed E-state index contributed by atoms with van der Waals surface area (Å²) in [5.41, 5.74) is -0.252. The maximum absolute atomic E-state index is 9.96. The summed E-state index contributed by atoms with van der Waals surface area (Å²) in [7, 11) is 1.88. The number of hydrogen-bond acceptors (Lipinski definition) is 5. The van der Waals surface area contributed by atoms with Crippen molar-refractivity contribution in [2.24, 2.45) is 11.3 Å². The van der Waals surface area contributed by atoms with Crippen molar-refractivity contribution in [1.29, 1.82) is 0 Å². The fourth-order valence-electron chi connectivity index (χ4n) is 1.92. The Kier molecular flexibility index (Phi) is 8.04. The number of halogens is 1. The minimum atomic E-state index is -0.734. The highest BCUT2D eigenvalue weighted by atomic mass is 127. The predicted octanol–water partition coefficient (Wildman–Crippen LogP) is 0.997. The number of hydrogen-bond donors (Lipinski definition) is 3. The Balaban J connectivity index is 4.85. The summed E-state index contributed by atoms with van der Waals surface area (Å²) >= 11 is 1.75. The van der Waals surface area contributed by atoms with E-state index in [-0.39, 0.29) is 18.1 Å². The molecule has 0 saturated carbocycles. The Hall–Kier alpha value is 0.530. The van der Waals surface area contributed by atoms with Crippen LogP contribution in [-0.4, -0.2) is 37.0 Å². The van der Waals surface area contributed by atoms with Gasteiger partial charge in [0.15, 0.2) is 0 Å². The molecule has 6 heteroatoms. The summed E-state index contributed by atoms with van der Waals surface area (Å²) in [4.78, 5) is 4.97. The summed E-state index contributed by atoms with van der Waals surface area (Å²) in [5.74, 6) is 5.31. The first-order valence-electron chi connectivity index (χ1n) is 5.42. The predicted molar refractivity (Wildman–Crippen MR) is 72.0 cm³/mol. The molecule has 4 N–H and O–H groups in total. The van der Waals surface area contributed by atoms with E-state index in [2.05, 4.69) is 12.2 Å². The summed E-state index contributed by atoms with van der Waals surface area (Å²) in [6.45, 7) is 6.35. The highest BCUT2D eigenvalue weighted by molar-refractivity contribution is 14.1. The third-order valence-corrected chi connectivity index (χ3v) is 3.92. The second-order valence-corrected chi connectivity index (χ2v) is 4.89.